The van der Waals surface area contributed by atoms with Crippen LogP contribution in [-0.4, -0.2) is 7.85 Å². The van der Waals surface area contributed by atoms with Crippen molar-refractivity contribution in [3.05, 3.63) is 127 Å². The van der Waals surface area contributed by atoms with Crippen molar-refractivity contribution in [3.8, 4) is 22.3 Å². The first kappa shape index (κ1) is 21.1. The maximum absolute atomic E-state index is 2.39. The molecule has 9 aromatic carbocycles. The van der Waals surface area contributed by atoms with Crippen LogP contribution in [-0.2, 0) is 0 Å². The molecule has 0 nitrogen and oxygen atoms in total. The van der Waals surface area contributed by atoms with Gasteiger partial charge < -0.3 is 0 Å². The van der Waals surface area contributed by atoms with E-state index < -0.39 is 0 Å². The van der Waals surface area contributed by atoms with E-state index in [0.29, 0.717) is 0 Å². The van der Waals surface area contributed by atoms with E-state index in [-0.39, 0.29) is 0 Å². The molecule has 1 heteroatoms. The minimum atomic E-state index is 1.27. The normalized spacial score (nSPS) is 12.2. The predicted molar refractivity (Wildman–Crippen MR) is 173 cm³/mol. The molecule has 0 saturated carbocycles. The van der Waals surface area contributed by atoms with Crippen molar-refractivity contribution in [2.45, 2.75) is 0 Å². The molecule has 178 valence electrons. The zero-order chi connectivity index (χ0) is 25.7. The van der Waals surface area contributed by atoms with E-state index in [1.165, 1.54) is 92.4 Å². The van der Waals surface area contributed by atoms with Crippen molar-refractivity contribution >= 4 is 77.9 Å². The molecular weight excluding hydrogens is 467 g/mol. The summed E-state index contributed by atoms with van der Waals surface area (Å²) >= 11 is 0. The Morgan fingerprint density at radius 3 is 1.13 bits per heavy atom. The van der Waals surface area contributed by atoms with Crippen LogP contribution in [0.2, 0.25) is 0 Å². The number of rotatable bonds is 2. The zero-order valence-electron chi connectivity index (χ0n) is 21.6. The van der Waals surface area contributed by atoms with E-state index >= 15 is 0 Å². The molecule has 0 N–H and O–H groups in total. The monoisotopic (exact) mass is 490 g/mol. The Morgan fingerprint density at radius 2 is 0.692 bits per heavy atom. The van der Waals surface area contributed by atoms with E-state index in [0.717, 1.165) is 0 Å². The quantitative estimate of drug-likeness (QED) is 0.168. The molecule has 0 spiro atoms. The average molecular weight is 490 g/mol. The number of hydrogen-bond acceptors (Lipinski definition) is 0. The molecule has 0 aliphatic heterocycles. The fourth-order valence-corrected chi connectivity index (χ4v) is 7.07. The van der Waals surface area contributed by atoms with Gasteiger partial charge >= 0.3 is 0 Å². The summed E-state index contributed by atoms with van der Waals surface area (Å²) in [5.74, 6) is 0. The fraction of sp³-hybridized carbons (Fsp3) is 0. The summed E-state index contributed by atoms with van der Waals surface area (Å²) in [7, 11) is 2.22. The third-order valence-corrected chi connectivity index (χ3v) is 8.76. The first-order valence-electron chi connectivity index (χ1n) is 13.7. The third kappa shape index (κ3) is 2.90. The zero-order valence-corrected chi connectivity index (χ0v) is 21.6. The van der Waals surface area contributed by atoms with Crippen molar-refractivity contribution in [2.75, 3.05) is 0 Å². The first-order valence-corrected chi connectivity index (χ1v) is 13.7. The lowest BCUT2D eigenvalue weighted by Crippen LogP contribution is -2.03. The van der Waals surface area contributed by atoms with Gasteiger partial charge in [-0.3, -0.25) is 0 Å². The summed E-state index contributed by atoms with van der Waals surface area (Å²) in [4.78, 5) is 0. The van der Waals surface area contributed by atoms with Crippen LogP contribution in [0, 0.1) is 0 Å². The molecule has 9 rings (SSSR count). The van der Waals surface area contributed by atoms with Gasteiger partial charge in [-0.25, -0.2) is 0 Å². The Morgan fingerprint density at radius 1 is 0.333 bits per heavy atom. The molecule has 0 saturated heterocycles. The fourth-order valence-electron chi connectivity index (χ4n) is 7.07. The average Bonchev–Trinajstić information content (AvgIpc) is 2.98. The van der Waals surface area contributed by atoms with Gasteiger partial charge in [0.15, 0.2) is 0 Å². The molecule has 0 aromatic heterocycles. The molecule has 0 aliphatic rings. The van der Waals surface area contributed by atoms with Crippen LogP contribution in [0.4, 0.5) is 0 Å². The Labute approximate surface area is 227 Å². The predicted octanol–water partition coefficient (Wildman–Crippen LogP) is 9.07. The number of benzene rings is 9. The van der Waals surface area contributed by atoms with Gasteiger partial charge in [0.1, 0.15) is 7.85 Å². The highest BCUT2D eigenvalue weighted by molar-refractivity contribution is 6.34. The van der Waals surface area contributed by atoms with Crippen LogP contribution < -0.4 is 5.46 Å². The molecular formula is C38H23B. The minimum absolute atomic E-state index is 1.27. The lowest BCUT2D eigenvalue weighted by Gasteiger charge is -2.17. The van der Waals surface area contributed by atoms with Gasteiger partial charge in [0.25, 0.3) is 0 Å². The molecule has 9 aromatic rings. The van der Waals surface area contributed by atoms with Crippen LogP contribution in [0.5, 0.6) is 0 Å². The van der Waals surface area contributed by atoms with Crippen LogP contribution in [0.3, 0.4) is 0 Å². The summed E-state index contributed by atoms with van der Waals surface area (Å²) < 4.78 is 0. The lowest BCUT2D eigenvalue weighted by molar-refractivity contribution is 1.66. The molecule has 0 fully saturated rings. The largest absolute Gasteiger partial charge is 0.139 e. The maximum atomic E-state index is 2.39. The van der Waals surface area contributed by atoms with Crippen LogP contribution in [0.25, 0.3) is 86.9 Å². The van der Waals surface area contributed by atoms with Gasteiger partial charge in [0.05, 0.1) is 0 Å². The maximum Gasteiger partial charge on any atom is 0.139 e. The minimum Gasteiger partial charge on any atom is -0.0877 e. The molecule has 0 heterocycles. The molecule has 0 radical (unpaired) electrons. The van der Waals surface area contributed by atoms with Gasteiger partial charge in [-0.15, -0.1) is 0 Å². The van der Waals surface area contributed by atoms with Crippen LogP contribution >= 0.6 is 0 Å². The smallest absolute Gasteiger partial charge is 0.0877 e. The standard InChI is InChI=1S/C38H23B/c39-30-20-28(31-15-11-26-9-7-22-3-1-5-24-13-17-33(31)37(26)35(22)24)19-29(21-30)32-16-12-27-10-8-23-4-2-6-25-14-18-34(32)38(27)36(23)25/h1-21H,39H2. The van der Waals surface area contributed by atoms with Crippen molar-refractivity contribution in [3.63, 3.8) is 0 Å². The van der Waals surface area contributed by atoms with Gasteiger partial charge in [0, 0.05) is 0 Å². The Bertz CT molecular complexity index is 2200. The Hall–Kier alpha value is -4.88. The summed E-state index contributed by atoms with van der Waals surface area (Å²) in [6, 6.07) is 47.7. The van der Waals surface area contributed by atoms with E-state index in [1.54, 1.807) is 0 Å². The summed E-state index contributed by atoms with van der Waals surface area (Å²) in [5, 5.41) is 16.0. The number of hydrogen-bond donors (Lipinski definition) is 0. The Kier molecular flexibility index (Phi) is 4.10. The van der Waals surface area contributed by atoms with E-state index in [4.69, 9.17) is 0 Å². The van der Waals surface area contributed by atoms with Gasteiger partial charge in [0.2, 0.25) is 0 Å². The highest BCUT2D eigenvalue weighted by atomic mass is 14.2. The molecule has 0 atom stereocenters. The molecule has 0 unspecified atom stereocenters. The van der Waals surface area contributed by atoms with E-state index in [1.807, 2.05) is 0 Å². The Balaban J connectivity index is 1.32. The van der Waals surface area contributed by atoms with E-state index in [2.05, 4.69) is 135 Å². The third-order valence-electron chi connectivity index (χ3n) is 8.76. The molecule has 0 aliphatic carbocycles. The lowest BCUT2D eigenvalue weighted by atomic mass is 9.84. The van der Waals surface area contributed by atoms with Gasteiger partial charge in [-0.2, -0.15) is 0 Å². The summed E-state index contributed by atoms with van der Waals surface area (Å²) in [5.41, 5.74) is 6.41. The second-order valence-electron chi connectivity index (χ2n) is 11.0. The summed E-state index contributed by atoms with van der Waals surface area (Å²) in [6.07, 6.45) is 0. The van der Waals surface area contributed by atoms with Crippen molar-refractivity contribution in [1.82, 2.24) is 0 Å². The van der Waals surface area contributed by atoms with E-state index in [9.17, 15) is 0 Å². The second kappa shape index (κ2) is 7.59. The second-order valence-corrected chi connectivity index (χ2v) is 11.0. The topological polar surface area (TPSA) is 0 Å². The highest BCUT2D eigenvalue weighted by Gasteiger charge is 2.15. The van der Waals surface area contributed by atoms with Gasteiger partial charge in [-0.1, -0.05) is 127 Å². The van der Waals surface area contributed by atoms with Crippen molar-refractivity contribution in [2.24, 2.45) is 0 Å². The van der Waals surface area contributed by atoms with Crippen LogP contribution in [0.1, 0.15) is 0 Å². The SMILES string of the molecule is Bc1cc(-c2ccc3ccc4cccc5ccc2c3c45)cc(-c2ccc3ccc4cccc5ccc2c3c45)c1. The summed E-state index contributed by atoms with van der Waals surface area (Å²) in [6.45, 7) is 0. The van der Waals surface area contributed by atoms with Gasteiger partial charge in [-0.05, 0) is 93.0 Å². The molecule has 0 amide bonds. The highest BCUT2D eigenvalue weighted by Crippen LogP contribution is 2.42. The molecule has 39 heavy (non-hydrogen) atoms. The first-order chi connectivity index (χ1) is 19.2. The van der Waals surface area contributed by atoms with Crippen molar-refractivity contribution in [1.29, 1.82) is 0 Å². The van der Waals surface area contributed by atoms with Crippen molar-refractivity contribution < 1.29 is 0 Å². The van der Waals surface area contributed by atoms with Crippen LogP contribution in [0.15, 0.2) is 127 Å². The molecule has 0 bridgehead atoms.